The number of benzene rings is 1. The monoisotopic (exact) mass is 527 g/mol. The first-order valence-corrected chi connectivity index (χ1v) is 13.4. The summed E-state index contributed by atoms with van der Waals surface area (Å²) < 4.78 is 11.4. The topological polar surface area (TPSA) is 120 Å². The number of amides is 1. The van der Waals surface area contributed by atoms with Gasteiger partial charge in [0.05, 0.1) is 30.9 Å². The van der Waals surface area contributed by atoms with E-state index in [0.717, 1.165) is 6.42 Å². The highest BCUT2D eigenvalue weighted by Gasteiger charge is 2.79. The molecular weight excluding hydrogens is 486 g/mol. The van der Waals surface area contributed by atoms with Crippen LogP contribution in [0, 0.1) is 34.0 Å². The maximum absolute atomic E-state index is 13.5. The molecule has 8 nitrogen and oxygen atoms in total. The number of ether oxygens (including phenoxy) is 2. The summed E-state index contributed by atoms with van der Waals surface area (Å²) in [4.78, 5) is 14.8. The number of nitrogens with zero attached hydrogens (tertiary/aromatic N) is 1. The fourth-order valence-corrected chi connectivity index (χ4v) is 8.71. The maximum atomic E-state index is 13.5. The molecule has 1 aromatic rings. The highest BCUT2D eigenvalue weighted by molar-refractivity contribution is 5.89. The van der Waals surface area contributed by atoms with E-state index >= 15 is 0 Å². The van der Waals surface area contributed by atoms with Gasteiger partial charge >= 0.3 is 6.09 Å². The Morgan fingerprint density at radius 2 is 1.84 bits per heavy atom. The molecule has 0 radical (unpaired) electrons. The molecule has 0 heterocycles. The number of fused-ring (bicyclic) bond motifs is 3. The summed E-state index contributed by atoms with van der Waals surface area (Å²) in [6.45, 7) is 9.89. The van der Waals surface area contributed by atoms with Gasteiger partial charge in [-0.25, -0.2) is 4.79 Å². The van der Waals surface area contributed by atoms with E-state index < -0.39 is 42.0 Å². The van der Waals surface area contributed by atoms with Crippen molar-refractivity contribution in [3.63, 3.8) is 0 Å². The van der Waals surface area contributed by atoms with Gasteiger partial charge in [0, 0.05) is 13.0 Å². The number of carbonyl (C=O) groups is 1. The highest BCUT2D eigenvalue weighted by Crippen LogP contribution is 2.79. The molecule has 5 rings (SSSR count). The SMILES string of the molecule is COc1ccccc1N(C)C(=O)O[C@H]1C(C)=C[C@]23C(O)[C@@H](C=C(CO)[C@@H](O)[C@]12O)[C@@H]1C(C)(C)C1(C)C[C@H]3C. The second-order valence-electron chi connectivity index (χ2n) is 12.7. The molecule has 0 aliphatic heterocycles. The third-order valence-electron chi connectivity index (χ3n) is 10.9. The van der Waals surface area contributed by atoms with E-state index in [9.17, 15) is 25.2 Å². The summed E-state index contributed by atoms with van der Waals surface area (Å²) in [5, 5.41) is 46.8. The van der Waals surface area contributed by atoms with Crippen LogP contribution in [-0.2, 0) is 4.74 Å². The third kappa shape index (κ3) is 3.14. The van der Waals surface area contributed by atoms with Gasteiger partial charge in [0.25, 0.3) is 0 Å². The molecule has 4 N–H and O–H groups in total. The zero-order valence-corrected chi connectivity index (χ0v) is 23.3. The van der Waals surface area contributed by atoms with Crippen molar-refractivity contribution in [3.05, 3.63) is 47.6 Å². The van der Waals surface area contributed by atoms with Gasteiger partial charge < -0.3 is 29.9 Å². The summed E-state index contributed by atoms with van der Waals surface area (Å²) in [7, 11) is 3.06. The molecule has 2 bridgehead atoms. The van der Waals surface area contributed by atoms with Crippen LogP contribution in [0.4, 0.5) is 10.5 Å². The smallest absolute Gasteiger partial charge is 0.414 e. The molecule has 0 aromatic heterocycles. The normalized spacial score (nSPS) is 42.5. The second kappa shape index (κ2) is 8.55. The van der Waals surface area contributed by atoms with Crippen molar-refractivity contribution in [2.45, 2.75) is 65.0 Å². The van der Waals surface area contributed by atoms with Gasteiger partial charge in [-0.3, -0.25) is 4.90 Å². The van der Waals surface area contributed by atoms with E-state index in [4.69, 9.17) is 9.47 Å². The average molecular weight is 528 g/mol. The molecule has 1 amide bonds. The Kier molecular flexibility index (Phi) is 6.12. The summed E-state index contributed by atoms with van der Waals surface area (Å²) >= 11 is 0. The number of hydrogen-bond acceptors (Lipinski definition) is 7. The van der Waals surface area contributed by atoms with Crippen LogP contribution in [0.5, 0.6) is 5.75 Å². The predicted octanol–water partition coefficient (Wildman–Crippen LogP) is 3.29. The fourth-order valence-electron chi connectivity index (χ4n) is 8.71. The Hall–Kier alpha value is -2.39. The number of hydrogen-bond donors (Lipinski definition) is 4. The number of carbonyl (C=O) groups excluding carboxylic acids is 1. The molecule has 4 aliphatic carbocycles. The Balaban J connectivity index is 1.59. The molecule has 1 spiro atoms. The number of aliphatic hydroxyl groups excluding tert-OH is 3. The quantitative estimate of drug-likeness (QED) is 0.444. The van der Waals surface area contributed by atoms with Crippen molar-refractivity contribution in [2.24, 2.45) is 34.0 Å². The number of para-hydroxylation sites is 2. The van der Waals surface area contributed by atoms with Crippen LogP contribution >= 0.6 is 0 Å². The molecule has 2 fully saturated rings. The lowest BCUT2D eigenvalue weighted by Gasteiger charge is -2.52. The number of rotatable bonds is 4. The lowest BCUT2D eigenvalue weighted by molar-refractivity contribution is -0.215. The van der Waals surface area contributed by atoms with Crippen LogP contribution in [0.2, 0.25) is 0 Å². The number of anilines is 1. The van der Waals surface area contributed by atoms with Crippen LogP contribution in [0.25, 0.3) is 0 Å². The van der Waals surface area contributed by atoms with Crippen LogP contribution in [-0.4, -0.2) is 71.2 Å². The number of methoxy groups -OCH3 is 1. The van der Waals surface area contributed by atoms with Crippen molar-refractivity contribution in [1.29, 1.82) is 0 Å². The van der Waals surface area contributed by atoms with E-state index in [2.05, 4.69) is 20.8 Å². The highest BCUT2D eigenvalue weighted by atomic mass is 16.6. The van der Waals surface area contributed by atoms with E-state index in [1.165, 1.54) is 12.0 Å². The Morgan fingerprint density at radius 3 is 2.47 bits per heavy atom. The predicted molar refractivity (Wildman–Crippen MR) is 143 cm³/mol. The van der Waals surface area contributed by atoms with Crippen molar-refractivity contribution in [3.8, 4) is 5.75 Å². The van der Waals surface area contributed by atoms with E-state index in [1.54, 1.807) is 44.3 Å². The zero-order chi connectivity index (χ0) is 28.0. The molecule has 4 aliphatic rings. The van der Waals surface area contributed by atoms with Crippen LogP contribution in [0.3, 0.4) is 0 Å². The molecule has 0 saturated heterocycles. The van der Waals surface area contributed by atoms with Gasteiger partial charge in [0.2, 0.25) is 0 Å². The minimum Gasteiger partial charge on any atom is -0.495 e. The first-order valence-electron chi connectivity index (χ1n) is 13.4. The molecule has 1 aromatic carbocycles. The Morgan fingerprint density at radius 1 is 1.18 bits per heavy atom. The van der Waals surface area contributed by atoms with Crippen molar-refractivity contribution < 1.29 is 34.7 Å². The standard InChI is InChI=1S/C30H41NO7/c1-16-13-29-17(2)14-28(5)22(27(28,3)4)19(24(29)34)12-18(15-32)23(33)30(29,36)25(16)38-26(35)31(6)20-10-8-9-11-21(20)37-7/h8-13,17,19,22-25,32-34,36H,14-15H2,1-7H3/t17-,19+,22-,23-,24?,25+,28?,29+,30+/m1/s1. The van der Waals surface area contributed by atoms with E-state index in [1.807, 2.05) is 13.0 Å². The minimum absolute atomic E-state index is 0.0559. The maximum Gasteiger partial charge on any atom is 0.414 e. The van der Waals surface area contributed by atoms with E-state index in [0.29, 0.717) is 17.0 Å². The molecule has 2 saturated carbocycles. The van der Waals surface area contributed by atoms with Crippen molar-refractivity contribution in [2.75, 3.05) is 25.7 Å². The summed E-state index contributed by atoms with van der Waals surface area (Å²) in [6.07, 6.45) is -0.276. The van der Waals surface area contributed by atoms with Crippen LogP contribution in [0.1, 0.15) is 41.0 Å². The fraction of sp³-hybridized carbons (Fsp3) is 0.633. The van der Waals surface area contributed by atoms with Crippen molar-refractivity contribution in [1.82, 2.24) is 0 Å². The first-order chi connectivity index (χ1) is 17.7. The lowest BCUT2D eigenvalue weighted by Crippen LogP contribution is -2.67. The van der Waals surface area contributed by atoms with Crippen molar-refractivity contribution >= 4 is 11.8 Å². The van der Waals surface area contributed by atoms with E-state index in [-0.39, 0.29) is 34.2 Å². The van der Waals surface area contributed by atoms with Crippen LogP contribution in [0.15, 0.2) is 47.6 Å². The summed E-state index contributed by atoms with van der Waals surface area (Å²) in [6, 6.07) is 7.01. The number of aliphatic hydroxyl groups is 4. The van der Waals surface area contributed by atoms with Gasteiger partial charge in [-0.15, -0.1) is 0 Å². The second-order valence-corrected chi connectivity index (χ2v) is 12.7. The van der Waals surface area contributed by atoms with Gasteiger partial charge in [0.1, 0.15) is 17.5 Å². The Bertz CT molecular complexity index is 1210. The average Bonchev–Trinajstić information content (AvgIpc) is 3.25. The third-order valence-corrected chi connectivity index (χ3v) is 10.9. The summed E-state index contributed by atoms with van der Waals surface area (Å²) in [5.74, 6) is -0.0598. The molecule has 8 heteroatoms. The Labute approximate surface area is 224 Å². The zero-order valence-electron chi connectivity index (χ0n) is 23.3. The largest absolute Gasteiger partial charge is 0.495 e. The molecule has 9 atom stereocenters. The molecular formula is C30H41NO7. The minimum atomic E-state index is -2.09. The molecule has 2 unspecified atom stereocenters. The van der Waals surface area contributed by atoms with Gasteiger partial charge in [-0.2, -0.15) is 0 Å². The van der Waals surface area contributed by atoms with Gasteiger partial charge in [-0.1, -0.05) is 52.0 Å². The van der Waals surface area contributed by atoms with Gasteiger partial charge in [-0.05, 0) is 59.3 Å². The molecule has 208 valence electrons. The van der Waals surface area contributed by atoms with Crippen LogP contribution < -0.4 is 9.64 Å². The van der Waals surface area contributed by atoms with Gasteiger partial charge in [0.15, 0.2) is 6.10 Å². The molecule has 38 heavy (non-hydrogen) atoms. The lowest BCUT2D eigenvalue weighted by atomic mass is 9.57. The summed E-state index contributed by atoms with van der Waals surface area (Å²) in [5.41, 5.74) is -2.26. The first kappa shape index (κ1) is 27.2.